The Balaban J connectivity index is 1.69. The summed E-state index contributed by atoms with van der Waals surface area (Å²) in [4.78, 5) is 17.1. The van der Waals surface area contributed by atoms with Gasteiger partial charge >= 0.3 is 0 Å². The van der Waals surface area contributed by atoms with E-state index in [0.29, 0.717) is 13.1 Å². The molecule has 1 saturated heterocycles. The first kappa shape index (κ1) is 18.1. The topological polar surface area (TPSA) is 57.7 Å². The third-order valence-corrected chi connectivity index (χ3v) is 7.00. The summed E-state index contributed by atoms with van der Waals surface area (Å²) in [5, 5.41) is 4.21. The number of hydrogen-bond acceptors (Lipinski definition) is 5. The third kappa shape index (κ3) is 4.11. The summed E-state index contributed by atoms with van der Waals surface area (Å²) >= 11 is 1.69. The second-order valence-corrected chi connectivity index (χ2v) is 9.13. The zero-order valence-corrected chi connectivity index (χ0v) is 15.9. The Bertz CT molecular complexity index is 824. The van der Waals surface area contributed by atoms with Gasteiger partial charge in [-0.1, -0.05) is 19.1 Å². The number of piperazine rings is 1. The lowest BCUT2D eigenvalue weighted by Gasteiger charge is -2.34. The van der Waals surface area contributed by atoms with E-state index in [4.69, 9.17) is 0 Å². The van der Waals surface area contributed by atoms with E-state index in [1.807, 2.05) is 0 Å². The van der Waals surface area contributed by atoms with Crippen LogP contribution in [0.3, 0.4) is 0 Å². The van der Waals surface area contributed by atoms with Gasteiger partial charge in [0.2, 0.25) is 0 Å². The molecule has 0 N–H and O–H groups in total. The summed E-state index contributed by atoms with van der Waals surface area (Å²) in [6, 6.07) is 8.64. The Kier molecular flexibility index (Phi) is 5.56. The summed E-state index contributed by atoms with van der Waals surface area (Å²) in [7, 11) is -3.41. The Labute approximate surface area is 152 Å². The maximum atomic E-state index is 12.9. The molecule has 1 aliphatic rings. The molecule has 2 aromatic rings. The highest BCUT2D eigenvalue weighted by Crippen LogP contribution is 2.20. The van der Waals surface area contributed by atoms with Crippen molar-refractivity contribution >= 4 is 27.1 Å². The molecule has 1 aliphatic heterocycles. The number of benzene rings is 1. The van der Waals surface area contributed by atoms with Crippen LogP contribution < -0.4 is 0 Å². The standard InChI is InChI=1S/C18H22N2O3S2/c1-2-25(22,23)17-6-4-3-5-16(17)18(21)20-10-8-19(9-11-20)13-15-7-12-24-14-15/h3-7,12,14H,2,8-11,13H2,1H3. The van der Waals surface area contributed by atoms with Gasteiger partial charge in [-0.2, -0.15) is 11.3 Å². The predicted molar refractivity (Wildman–Crippen MR) is 99.7 cm³/mol. The molecule has 1 fully saturated rings. The fraction of sp³-hybridized carbons (Fsp3) is 0.389. The van der Waals surface area contributed by atoms with Crippen LogP contribution in [0, 0.1) is 0 Å². The highest BCUT2D eigenvalue weighted by atomic mass is 32.2. The van der Waals surface area contributed by atoms with Gasteiger partial charge in [-0.25, -0.2) is 8.42 Å². The van der Waals surface area contributed by atoms with Gasteiger partial charge in [0.25, 0.3) is 5.91 Å². The van der Waals surface area contributed by atoms with Gasteiger partial charge in [0.15, 0.2) is 9.84 Å². The maximum Gasteiger partial charge on any atom is 0.255 e. The predicted octanol–water partition coefficient (Wildman–Crippen LogP) is 2.50. The first-order valence-electron chi connectivity index (χ1n) is 8.36. The molecule has 1 aromatic heterocycles. The summed E-state index contributed by atoms with van der Waals surface area (Å²) in [6.45, 7) is 5.31. The fourth-order valence-corrected chi connectivity index (χ4v) is 4.74. The van der Waals surface area contributed by atoms with Crippen LogP contribution in [0.1, 0.15) is 22.8 Å². The second kappa shape index (κ2) is 7.68. The number of nitrogens with zero attached hydrogens (tertiary/aromatic N) is 2. The summed E-state index contributed by atoms with van der Waals surface area (Å²) in [5.41, 5.74) is 1.58. The molecule has 1 amide bonds. The first-order valence-corrected chi connectivity index (χ1v) is 11.0. The van der Waals surface area contributed by atoms with E-state index in [9.17, 15) is 13.2 Å². The first-order chi connectivity index (χ1) is 12.0. The van der Waals surface area contributed by atoms with Gasteiger partial charge in [0, 0.05) is 32.7 Å². The van der Waals surface area contributed by atoms with Crippen molar-refractivity contribution in [1.82, 2.24) is 9.80 Å². The van der Waals surface area contributed by atoms with E-state index >= 15 is 0 Å². The average molecular weight is 379 g/mol. The van der Waals surface area contributed by atoms with Crippen LogP contribution in [0.15, 0.2) is 46.0 Å². The number of amides is 1. The third-order valence-electron chi connectivity index (χ3n) is 4.48. The van der Waals surface area contributed by atoms with Crippen LogP contribution in [-0.2, 0) is 16.4 Å². The Morgan fingerprint density at radius 1 is 1.12 bits per heavy atom. The summed E-state index contributed by atoms with van der Waals surface area (Å²) in [6.07, 6.45) is 0. The number of carbonyl (C=O) groups is 1. The van der Waals surface area contributed by atoms with Crippen LogP contribution in [-0.4, -0.2) is 56.1 Å². The van der Waals surface area contributed by atoms with Crippen molar-refractivity contribution in [3.8, 4) is 0 Å². The van der Waals surface area contributed by atoms with Gasteiger partial charge < -0.3 is 4.90 Å². The van der Waals surface area contributed by atoms with Crippen LogP contribution >= 0.6 is 11.3 Å². The molecule has 0 bridgehead atoms. The summed E-state index contributed by atoms with van der Waals surface area (Å²) < 4.78 is 24.5. The minimum Gasteiger partial charge on any atom is -0.336 e. The van der Waals surface area contributed by atoms with E-state index in [1.165, 1.54) is 11.6 Å². The van der Waals surface area contributed by atoms with Crippen molar-refractivity contribution in [2.24, 2.45) is 0 Å². The van der Waals surface area contributed by atoms with Crippen LogP contribution in [0.2, 0.25) is 0 Å². The minimum absolute atomic E-state index is 0.00822. The zero-order chi connectivity index (χ0) is 17.9. The largest absolute Gasteiger partial charge is 0.336 e. The molecule has 0 spiro atoms. The number of rotatable bonds is 5. The van der Waals surface area contributed by atoms with E-state index < -0.39 is 9.84 Å². The highest BCUT2D eigenvalue weighted by molar-refractivity contribution is 7.91. The van der Waals surface area contributed by atoms with Crippen molar-refractivity contribution < 1.29 is 13.2 Å². The average Bonchev–Trinajstić information content (AvgIpc) is 3.15. The lowest BCUT2D eigenvalue weighted by molar-refractivity contribution is 0.0625. The number of carbonyl (C=O) groups excluding carboxylic acids is 1. The minimum atomic E-state index is -3.41. The summed E-state index contributed by atoms with van der Waals surface area (Å²) in [5.74, 6) is -0.200. The number of hydrogen-bond donors (Lipinski definition) is 0. The van der Waals surface area contributed by atoms with Gasteiger partial charge in [0.05, 0.1) is 16.2 Å². The second-order valence-electron chi connectivity index (χ2n) is 6.10. The molecule has 0 saturated carbocycles. The van der Waals surface area contributed by atoms with E-state index in [2.05, 4.69) is 21.7 Å². The van der Waals surface area contributed by atoms with E-state index in [-0.39, 0.29) is 22.1 Å². The molecule has 7 heteroatoms. The molecule has 1 aromatic carbocycles. The van der Waals surface area contributed by atoms with Crippen LogP contribution in [0.5, 0.6) is 0 Å². The molecule has 3 rings (SSSR count). The van der Waals surface area contributed by atoms with E-state index in [1.54, 1.807) is 41.4 Å². The molecule has 0 aliphatic carbocycles. The SMILES string of the molecule is CCS(=O)(=O)c1ccccc1C(=O)N1CCN(Cc2ccsc2)CC1. The van der Waals surface area contributed by atoms with Crippen molar-refractivity contribution in [2.75, 3.05) is 31.9 Å². The molecule has 25 heavy (non-hydrogen) atoms. The van der Waals surface area contributed by atoms with Gasteiger partial charge in [-0.15, -0.1) is 0 Å². The molecule has 0 atom stereocenters. The van der Waals surface area contributed by atoms with E-state index in [0.717, 1.165) is 19.6 Å². The van der Waals surface area contributed by atoms with Crippen molar-refractivity contribution in [3.63, 3.8) is 0 Å². The van der Waals surface area contributed by atoms with Gasteiger partial charge in [0.1, 0.15) is 0 Å². The van der Waals surface area contributed by atoms with Gasteiger partial charge in [-0.05, 0) is 34.5 Å². The van der Waals surface area contributed by atoms with Crippen LogP contribution in [0.25, 0.3) is 0 Å². The maximum absolute atomic E-state index is 12.9. The van der Waals surface area contributed by atoms with Crippen molar-refractivity contribution in [1.29, 1.82) is 0 Å². The zero-order valence-electron chi connectivity index (χ0n) is 14.2. The number of sulfone groups is 1. The molecule has 5 nitrogen and oxygen atoms in total. The Hall–Kier alpha value is -1.70. The fourth-order valence-electron chi connectivity index (χ4n) is 2.99. The molecule has 0 unspecified atom stereocenters. The smallest absolute Gasteiger partial charge is 0.255 e. The molecular formula is C18H22N2O3S2. The molecule has 134 valence electrons. The van der Waals surface area contributed by atoms with Crippen LogP contribution in [0.4, 0.5) is 0 Å². The lowest BCUT2D eigenvalue weighted by Crippen LogP contribution is -2.48. The highest BCUT2D eigenvalue weighted by Gasteiger charge is 2.26. The molecular weight excluding hydrogens is 356 g/mol. The number of thiophene rings is 1. The van der Waals surface area contributed by atoms with Gasteiger partial charge in [-0.3, -0.25) is 9.69 Å². The Morgan fingerprint density at radius 3 is 2.48 bits per heavy atom. The quantitative estimate of drug-likeness (QED) is 0.802. The Morgan fingerprint density at radius 2 is 1.84 bits per heavy atom. The molecule has 0 radical (unpaired) electrons. The van der Waals surface area contributed by atoms with Crippen molar-refractivity contribution in [2.45, 2.75) is 18.4 Å². The lowest BCUT2D eigenvalue weighted by atomic mass is 10.1. The normalized spacial score (nSPS) is 16.1. The monoisotopic (exact) mass is 378 g/mol. The molecule has 2 heterocycles. The van der Waals surface area contributed by atoms with Crippen molar-refractivity contribution in [3.05, 3.63) is 52.2 Å².